The summed E-state index contributed by atoms with van der Waals surface area (Å²) in [5.41, 5.74) is 3.25. The molecule has 0 fully saturated rings. The van der Waals surface area contributed by atoms with Crippen molar-refractivity contribution in [3.8, 4) is 11.8 Å². The summed E-state index contributed by atoms with van der Waals surface area (Å²) in [5, 5.41) is 12.1. The van der Waals surface area contributed by atoms with E-state index in [1.165, 1.54) is 16.7 Å². The van der Waals surface area contributed by atoms with Crippen molar-refractivity contribution >= 4 is 0 Å². The molecule has 3 heteroatoms. The number of unbranched alkanes of at least 4 members (excludes halogenated alkanes) is 1. The maximum Gasteiger partial charge on any atom is 0.125 e. The Hall–Kier alpha value is -1.53. The zero-order valence-electron chi connectivity index (χ0n) is 13.3. The summed E-state index contributed by atoms with van der Waals surface area (Å²) in [6, 6.07) is 6.54. The predicted molar refractivity (Wildman–Crippen MR) is 83.1 cm³/mol. The zero-order chi connectivity index (χ0) is 15.2. The first-order valence-electron chi connectivity index (χ1n) is 7.23. The summed E-state index contributed by atoms with van der Waals surface area (Å²) in [6.07, 6.45) is 2.79. The van der Waals surface area contributed by atoms with E-state index < -0.39 is 5.54 Å². The monoisotopic (exact) mass is 274 g/mol. The number of rotatable bonds is 7. The summed E-state index contributed by atoms with van der Waals surface area (Å²) in [6.45, 7) is 8.92. The standard InChI is InChI=1S/C17H26N2O/c1-13-8-9-14(2)16(15(13)3)20-11-7-6-10-17(4,12-18)19-5/h8-9,19H,6-7,10-11H2,1-5H3. The van der Waals surface area contributed by atoms with Crippen molar-refractivity contribution in [1.82, 2.24) is 5.32 Å². The van der Waals surface area contributed by atoms with Crippen LogP contribution < -0.4 is 10.1 Å². The normalized spacial score (nSPS) is 13.6. The molecule has 1 aromatic carbocycles. The molecule has 0 saturated heterocycles. The molecule has 20 heavy (non-hydrogen) atoms. The first-order chi connectivity index (χ1) is 9.43. The molecule has 1 atom stereocenters. The van der Waals surface area contributed by atoms with E-state index in [-0.39, 0.29) is 0 Å². The fourth-order valence-corrected chi connectivity index (χ4v) is 2.14. The van der Waals surface area contributed by atoms with Crippen LogP contribution in [0.2, 0.25) is 0 Å². The van der Waals surface area contributed by atoms with Gasteiger partial charge in [0.15, 0.2) is 0 Å². The van der Waals surface area contributed by atoms with Gasteiger partial charge in [0, 0.05) is 0 Å². The van der Waals surface area contributed by atoms with Crippen LogP contribution >= 0.6 is 0 Å². The minimum absolute atomic E-state index is 0.421. The second-order valence-corrected chi connectivity index (χ2v) is 5.65. The van der Waals surface area contributed by atoms with Gasteiger partial charge in [0.25, 0.3) is 0 Å². The van der Waals surface area contributed by atoms with Crippen LogP contribution in [0.15, 0.2) is 12.1 Å². The second-order valence-electron chi connectivity index (χ2n) is 5.65. The number of hydrogen-bond donors (Lipinski definition) is 1. The second kappa shape index (κ2) is 7.31. The molecule has 0 saturated carbocycles. The molecule has 0 radical (unpaired) electrons. The minimum atomic E-state index is -0.421. The molecule has 1 N–H and O–H groups in total. The lowest BCUT2D eigenvalue weighted by molar-refractivity contribution is 0.293. The molecule has 0 aliphatic heterocycles. The largest absolute Gasteiger partial charge is 0.493 e. The molecule has 0 aliphatic carbocycles. The van der Waals surface area contributed by atoms with Gasteiger partial charge in [-0.3, -0.25) is 0 Å². The van der Waals surface area contributed by atoms with Gasteiger partial charge >= 0.3 is 0 Å². The Morgan fingerprint density at radius 2 is 1.85 bits per heavy atom. The molecule has 1 unspecified atom stereocenters. The van der Waals surface area contributed by atoms with E-state index in [0.29, 0.717) is 6.61 Å². The molecule has 1 aromatic rings. The Labute approximate surface area is 123 Å². The Morgan fingerprint density at radius 1 is 1.20 bits per heavy atom. The minimum Gasteiger partial charge on any atom is -0.493 e. The number of aryl methyl sites for hydroxylation is 2. The van der Waals surface area contributed by atoms with Gasteiger partial charge in [-0.05, 0) is 70.7 Å². The highest BCUT2D eigenvalue weighted by Gasteiger charge is 2.19. The van der Waals surface area contributed by atoms with Gasteiger partial charge in [0.2, 0.25) is 0 Å². The molecule has 0 spiro atoms. The highest BCUT2D eigenvalue weighted by molar-refractivity contribution is 5.44. The summed E-state index contributed by atoms with van der Waals surface area (Å²) in [4.78, 5) is 0. The SMILES string of the molecule is CNC(C)(C#N)CCCCOc1c(C)ccc(C)c1C. The Morgan fingerprint density at radius 3 is 2.45 bits per heavy atom. The fraction of sp³-hybridized carbons (Fsp3) is 0.588. The van der Waals surface area contributed by atoms with Crippen LogP contribution in [0.5, 0.6) is 5.75 Å². The van der Waals surface area contributed by atoms with Crippen LogP contribution in [0.4, 0.5) is 0 Å². The van der Waals surface area contributed by atoms with Crippen LogP contribution in [0.1, 0.15) is 42.9 Å². The Bertz CT molecular complexity index is 490. The molecule has 0 amide bonds. The van der Waals surface area contributed by atoms with Crippen molar-refractivity contribution in [3.63, 3.8) is 0 Å². The van der Waals surface area contributed by atoms with E-state index in [1.807, 2.05) is 14.0 Å². The lowest BCUT2D eigenvalue weighted by atomic mass is 9.97. The van der Waals surface area contributed by atoms with E-state index in [0.717, 1.165) is 25.0 Å². The van der Waals surface area contributed by atoms with Gasteiger partial charge < -0.3 is 10.1 Å². The third-order valence-corrected chi connectivity index (χ3v) is 3.99. The molecule has 0 aliphatic rings. The van der Waals surface area contributed by atoms with Crippen LogP contribution in [0.3, 0.4) is 0 Å². The zero-order valence-corrected chi connectivity index (χ0v) is 13.3. The average molecular weight is 274 g/mol. The van der Waals surface area contributed by atoms with Crippen molar-refractivity contribution in [2.75, 3.05) is 13.7 Å². The molecule has 0 heterocycles. The van der Waals surface area contributed by atoms with E-state index in [9.17, 15) is 0 Å². The molecule has 3 nitrogen and oxygen atoms in total. The summed E-state index contributed by atoms with van der Waals surface area (Å²) in [5.74, 6) is 1.02. The number of nitrogens with one attached hydrogen (secondary N) is 1. The van der Waals surface area contributed by atoms with Crippen molar-refractivity contribution < 1.29 is 4.74 Å². The van der Waals surface area contributed by atoms with Crippen LogP contribution in [0, 0.1) is 32.1 Å². The van der Waals surface area contributed by atoms with Crippen LogP contribution in [-0.4, -0.2) is 19.2 Å². The Balaban J connectivity index is 2.43. The fourth-order valence-electron chi connectivity index (χ4n) is 2.14. The van der Waals surface area contributed by atoms with Crippen LogP contribution in [-0.2, 0) is 0 Å². The van der Waals surface area contributed by atoms with Gasteiger partial charge in [-0.2, -0.15) is 5.26 Å². The average Bonchev–Trinajstić information content (AvgIpc) is 2.45. The lowest BCUT2D eigenvalue weighted by Gasteiger charge is -2.20. The third kappa shape index (κ3) is 4.25. The van der Waals surface area contributed by atoms with Crippen molar-refractivity contribution in [2.45, 2.75) is 52.5 Å². The molecule has 110 valence electrons. The van der Waals surface area contributed by atoms with E-state index >= 15 is 0 Å². The first kappa shape index (κ1) is 16.5. The number of hydrogen-bond acceptors (Lipinski definition) is 3. The van der Waals surface area contributed by atoms with Crippen molar-refractivity contribution in [2.24, 2.45) is 0 Å². The molecule has 0 bridgehead atoms. The van der Waals surface area contributed by atoms with Gasteiger partial charge in [-0.15, -0.1) is 0 Å². The smallest absolute Gasteiger partial charge is 0.125 e. The maximum atomic E-state index is 9.08. The van der Waals surface area contributed by atoms with Gasteiger partial charge in [0.05, 0.1) is 12.7 Å². The van der Waals surface area contributed by atoms with Crippen LogP contribution in [0.25, 0.3) is 0 Å². The molecule has 0 aromatic heterocycles. The molecular formula is C17H26N2O. The quantitative estimate of drug-likeness (QED) is 0.772. The maximum absolute atomic E-state index is 9.08. The third-order valence-electron chi connectivity index (χ3n) is 3.99. The number of nitrogens with zero attached hydrogens (tertiary/aromatic N) is 1. The summed E-state index contributed by atoms with van der Waals surface area (Å²) in [7, 11) is 1.83. The highest BCUT2D eigenvalue weighted by atomic mass is 16.5. The molecule has 1 rings (SSSR count). The van der Waals surface area contributed by atoms with Gasteiger partial charge in [0.1, 0.15) is 11.3 Å². The number of benzene rings is 1. The summed E-state index contributed by atoms with van der Waals surface area (Å²) < 4.78 is 5.93. The Kier molecular flexibility index (Phi) is 6.04. The lowest BCUT2D eigenvalue weighted by Crippen LogP contribution is -2.37. The first-order valence-corrected chi connectivity index (χ1v) is 7.23. The topological polar surface area (TPSA) is 45.0 Å². The van der Waals surface area contributed by atoms with Gasteiger partial charge in [-0.25, -0.2) is 0 Å². The van der Waals surface area contributed by atoms with Crippen molar-refractivity contribution in [3.05, 3.63) is 28.8 Å². The molecular weight excluding hydrogens is 248 g/mol. The van der Waals surface area contributed by atoms with E-state index in [1.54, 1.807) is 0 Å². The number of nitriles is 1. The van der Waals surface area contributed by atoms with Crippen molar-refractivity contribution in [1.29, 1.82) is 5.26 Å². The number of ether oxygens (including phenoxy) is 1. The summed E-state index contributed by atoms with van der Waals surface area (Å²) >= 11 is 0. The van der Waals surface area contributed by atoms with Gasteiger partial charge in [-0.1, -0.05) is 12.1 Å². The van der Waals surface area contributed by atoms with E-state index in [2.05, 4.69) is 44.3 Å². The van der Waals surface area contributed by atoms with E-state index in [4.69, 9.17) is 10.00 Å². The highest BCUT2D eigenvalue weighted by Crippen LogP contribution is 2.26. The predicted octanol–water partition coefficient (Wildman–Crippen LogP) is 3.66.